The van der Waals surface area contributed by atoms with Gasteiger partial charge in [-0.15, -0.1) is 0 Å². The monoisotopic (exact) mass is 212 g/mol. The van der Waals surface area contributed by atoms with Gasteiger partial charge in [0.1, 0.15) is 6.10 Å². The fourth-order valence-corrected chi connectivity index (χ4v) is 1.15. The fraction of sp³-hybridized carbons (Fsp3) is 0.889. The quantitative estimate of drug-likeness (QED) is 0.676. The third-order valence-corrected chi connectivity index (χ3v) is 1.90. The molecule has 0 aliphatic heterocycles. The van der Waals surface area contributed by atoms with Gasteiger partial charge < -0.3 is 4.74 Å². The maximum atomic E-state index is 11.7. The number of methoxy groups -OCH3 is 1. The van der Waals surface area contributed by atoms with Crippen LogP contribution in [0.3, 0.4) is 0 Å². The van der Waals surface area contributed by atoms with Crippen LogP contribution < -0.4 is 0 Å². The van der Waals surface area contributed by atoms with E-state index in [4.69, 9.17) is 4.74 Å². The second kappa shape index (κ2) is 6.01. The van der Waals surface area contributed by atoms with E-state index in [1.165, 1.54) is 7.11 Å². The number of Topliss-reactive ketones (excluding diaryl/α,β-unsaturated/α-hetero) is 1. The van der Waals surface area contributed by atoms with Crippen molar-refractivity contribution in [1.82, 2.24) is 0 Å². The van der Waals surface area contributed by atoms with Gasteiger partial charge in [-0.05, 0) is 12.8 Å². The van der Waals surface area contributed by atoms with E-state index < -0.39 is 18.7 Å². The van der Waals surface area contributed by atoms with Crippen molar-refractivity contribution in [3.63, 3.8) is 0 Å². The molecular formula is C9H15F3O2. The second-order valence-electron chi connectivity index (χ2n) is 3.07. The standard InChI is InChI=1S/C9H15F3O2/c1-3-8(14-2)7(13)5-4-6-9(10,11)12/h8H,3-6H2,1-2H3. The van der Waals surface area contributed by atoms with Crippen LogP contribution in [0.2, 0.25) is 0 Å². The van der Waals surface area contributed by atoms with Gasteiger partial charge in [0.15, 0.2) is 5.78 Å². The summed E-state index contributed by atoms with van der Waals surface area (Å²) >= 11 is 0. The Morgan fingerprint density at radius 1 is 1.43 bits per heavy atom. The Labute approximate surface area is 81.4 Å². The molecule has 0 spiro atoms. The molecular weight excluding hydrogens is 197 g/mol. The molecule has 0 bridgehead atoms. The molecule has 0 fully saturated rings. The molecule has 0 rings (SSSR count). The Hall–Kier alpha value is -0.580. The molecule has 0 amide bonds. The summed E-state index contributed by atoms with van der Waals surface area (Å²) in [5.74, 6) is -0.251. The highest BCUT2D eigenvalue weighted by Gasteiger charge is 2.27. The van der Waals surface area contributed by atoms with Gasteiger partial charge in [-0.2, -0.15) is 13.2 Å². The molecule has 0 radical (unpaired) electrons. The molecule has 5 heteroatoms. The van der Waals surface area contributed by atoms with Gasteiger partial charge in [-0.1, -0.05) is 6.92 Å². The molecule has 0 saturated carbocycles. The summed E-state index contributed by atoms with van der Waals surface area (Å²) in [4.78, 5) is 11.2. The van der Waals surface area contributed by atoms with Crippen molar-refractivity contribution in [1.29, 1.82) is 0 Å². The first-order valence-electron chi connectivity index (χ1n) is 4.53. The van der Waals surface area contributed by atoms with Crippen LogP contribution in [0.25, 0.3) is 0 Å². The Morgan fingerprint density at radius 3 is 2.36 bits per heavy atom. The molecule has 0 aliphatic rings. The Morgan fingerprint density at radius 2 is 2.00 bits per heavy atom. The van der Waals surface area contributed by atoms with Crippen LogP contribution in [-0.4, -0.2) is 25.2 Å². The number of halogens is 3. The van der Waals surface area contributed by atoms with E-state index in [2.05, 4.69) is 0 Å². The lowest BCUT2D eigenvalue weighted by Crippen LogP contribution is -2.22. The highest BCUT2D eigenvalue weighted by molar-refractivity contribution is 5.82. The number of ketones is 1. The zero-order valence-corrected chi connectivity index (χ0v) is 8.36. The third kappa shape index (κ3) is 5.96. The summed E-state index contributed by atoms with van der Waals surface area (Å²) in [7, 11) is 1.38. The summed E-state index contributed by atoms with van der Waals surface area (Å²) in [5, 5.41) is 0. The van der Waals surface area contributed by atoms with Crippen molar-refractivity contribution in [3.8, 4) is 0 Å². The van der Waals surface area contributed by atoms with E-state index in [0.29, 0.717) is 6.42 Å². The van der Waals surface area contributed by atoms with E-state index >= 15 is 0 Å². The number of carbonyl (C=O) groups excluding carboxylic acids is 1. The van der Waals surface area contributed by atoms with Gasteiger partial charge in [-0.3, -0.25) is 4.79 Å². The summed E-state index contributed by atoms with van der Waals surface area (Å²) in [6.45, 7) is 1.76. The minimum absolute atomic E-state index is 0.0636. The Kier molecular flexibility index (Phi) is 5.76. The van der Waals surface area contributed by atoms with Crippen LogP contribution in [0.5, 0.6) is 0 Å². The minimum atomic E-state index is -4.17. The molecule has 0 saturated heterocycles. The summed E-state index contributed by atoms with van der Waals surface area (Å²) in [5.41, 5.74) is 0. The SMILES string of the molecule is CCC(OC)C(=O)CCCC(F)(F)F. The summed E-state index contributed by atoms with van der Waals surface area (Å²) in [6, 6.07) is 0. The second-order valence-corrected chi connectivity index (χ2v) is 3.07. The van der Waals surface area contributed by atoms with Crippen LogP contribution in [0.4, 0.5) is 13.2 Å². The van der Waals surface area contributed by atoms with Crippen LogP contribution >= 0.6 is 0 Å². The third-order valence-electron chi connectivity index (χ3n) is 1.90. The highest BCUT2D eigenvalue weighted by atomic mass is 19.4. The predicted molar refractivity (Wildman–Crippen MR) is 46.0 cm³/mol. The van der Waals surface area contributed by atoms with Crippen molar-refractivity contribution >= 4 is 5.78 Å². The van der Waals surface area contributed by atoms with Crippen molar-refractivity contribution in [2.75, 3.05) is 7.11 Å². The lowest BCUT2D eigenvalue weighted by atomic mass is 10.1. The Balaban J connectivity index is 3.74. The number of hydrogen-bond donors (Lipinski definition) is 0. The van der Waals surface area contributed by atoms with Gasteiger partial charge in [0.05, 0.1) is 0 Å². The van der Waals surface area contributed by atoms with Crippen LogP contribution in [0.1, 0.15) is 32.6 Å². The Bertz CT molecular complexity index is 173. The number of rotatable bonds is 6. The molecule has 2 nitrogen and oxygen atoms in total. The van der Waals surface area contributed by atoms with Crippen LogP contribution in [0.15, 0.2) is 0 Å². The molecule has 0 N–H and O–H groups in total. The van der Waals surface area contributed by atoms with Crippen molar-refractivity contribution < 1.29 is 22.7 Å². The van der Waals surface area contributed by atoms with E-state index in [1.807, 2.05) is 0 Å². The number of carbonyl (C=O) groups is 1. The molecule has 0 aliphatic carbocycles. The van der Waals surface area contributed by atoms with Gasteiger partial charge >= 0.3 is 6.18 Å². The van der Waals surface area contributed by atoms with Gasteiger partial charge in [0, 0.05) is 20.0 Å². The average Bonchev–Trinajstić information content (AvgIpc) is 2.04. The first-order valence-corrected chi connectivity index (χ1v) is 4.53. The maximum Gasteiger partial charge on any atom is 0.389 e. The first-order chi connectivity index (χ1) is 6.40. The molecule has 0 heterocycles. The topological polar surface area (TPSA) is 26.3 Å². The lowest BCUT2D eigenvalue weighted by molar-refractivity contribution is -0.139. The first kappa shape index (κ1) is 13.4. The van der Waals surface area contributed by atoms with E-state index in [9.17, 15) is 18.0 Å². The highest BCUT2D eigenvalue weighted by Crippen LogP contribution is 2.22. The molecule has 0 aromatic rings. The lowest BCUT2D eigenvalue weighted by Gasteiger charge is -2.11. The van der Waals surface area contributed by atoms with E-state index in [0.717, 1.165) is 0 Å². The maximum absolute atomic E-state index is 11.7. The molecule has 0 aromatic heterocycles. The fourth-order valence-electron chi connectivity index (χ4n) is 1.15. The minimum Gasteiger partial charge on any atom is -0.374 e. The smallest absolute Gasteiger partial charge is 0.374 e. The normalized spacial score (nSPS) is 14.1. The van der Waals surface area contributed by atoms with Gasteiger partial charge in [-0.25, -0.2) is 0 Å². The average molecular weight is 212 g/mol. The van der Waals surface area contributed by atoms with Crippen molar-refractivity contribution in [2.45, 2.75) is 44.9 Å². The largest absolute Gasteiger partial charge is 0.389 e. The molecule has 14 heavy (non-hydrogen) atoms. The van der Waals surface area contributed by atoms with Crippen LogP contribution in [0, 0.1) is 0 Å². The molecule has 1 atom stereocenters. The van der Waals surface area contributed by atoms with Crippen molar-refractivity contribution in [3.05, 3.63) is 0 Å². The predicted octanol–water partition coefficient (Wildman–Crippen LogP) is 2.71. The number of hydrogen-bond acceptors (Lipinski definition) is 2. The number of ether oxygens (including phenoxy) is 1. The van der Waals surface area contributed by atoms with Gasteiger partial charge in [0.2, 0.25) is 0 Å². The van der Waals surface area contributed by atoms with Gasteiger partial charge in [0.25, 0.3) is 0 Å². The zero-order chi connectivity index (χ0) is 11.2. The summed E-state index contributed by atoms with van der Waals surface area (Å²) in [6.07, 6.45) is -5.34. The van der Waals surface area contributed by atoms with Crippen molar-refractivity contribution in [2.24, 2.45) is 0 Å². The molecule has 84 valence electrons. The van der Waals surface area contributed by atoms with Crippen LogP contribution in [-0.2, 0) is 9.53 Å². The molecule has 1 unspecified atom stereocenters. The summed E-state index contributed by atoms with van der Waals surface area (Å²) < 4.78 is 40.0. The zero-order valence-electron chi connectivity index (χ0n) is 8.36. The van der Waals surface area contributed by atoms with E-state index in [1.54, 1.807) is 6.92 Å². The molecule has 0 aromatic carbocycles. The number of alkyl halides is 3. The van der Waals surface area contributed by atoms with E-state index in [-0.39, 0.29) is 18.6 Å².